The van der Waals surface area contributed by atoms with Crippen LogP contribution in [-0.4, -0.2) is 21.7 Å². The van der Waals surface area contributed by atoms with Crippen LogP contribution in [0.2, 0.25) is 0 Å². The van der Waals surface area contributed by atoms with E-state index in [0.29, 0.717) is 12.3 Å². The van der Waals surface area contributed by atoms with Gasteiger partial charge in [-0.25, -0.2) is 14.4 Å². The van der Waals surface area contributed by atoms with Crippen molar-refractivity contribution in [1.29, 1.82) is 0 Å². The number of benzene rings is 1. The first-order chi connectivity index (χ1) is 11.2. The highest BCUT2D eigenvalue weighted by Crippen LogP contribution is 2.31. The highest BCUT2D eigenvalue weighted by molar-refractivity contribution is 5.63. The van der Waals surface area contributed by atoms with Crippen LogP contribution in [0.5, 0.6) is 0 Å². The number of anilines is 1. The zero-order valence-corrected chi connectivity index (χ0v) is 12.7. The zero-order valence-electron chi connectivity index (χ0n) is 12.7. The molecule has 0 saturated heterocycles. The third-order valence-electron chi connectivity index (χ3n) is 4.06. The molecule has 0 radical (unpaired) electrons. The molecule has 1 aliphatic rings. The fraction of sp³-hybridized carbons (Fsp3) is 0.235. The molecule has 2 aromatic heterocycles. The van der Waals surface area contributed by atoms with Gasteiger partial charge in [-0.2, -0.15) is 0 Å². The molecule has 5 nitrogen and oxygen atoms in total. The van der Waals surface area contributed by atoms with Gasteiger partial charge >= 0.3 is 0 Å². The summed E-state index contributed by atoms with van der Waals surface area (Å²) in [6.45, 7) is 3.45. The van der Waals surface area contributed by atoms with Crippen LogP contribution in [0.3, 0.4) is 0 Å². The molecule has 0 aliphatic carbocycles. The molecule has 23 heavy (non-hydrogen) atoms. The van der Waals surface area contributed by atoms with Gasteiger partial charge in [0.15, 0.2) is 5.76 Å². The van der Waals surface area contributed by atoms with Gasteiger partial charge in [0.05, 0.1) is 12.2 Å². The topological polar surface area (TPSA) is 55.1 Å². The lowest BCUT2D eigenvalue weighted by atomic mass is 10.0. The number of fused-ring (bicyclic) bond motifs is 1. The van der Waals surface area contributed by atoms with E-state index in [1.165, 1.54) is 12.1 Å². The Morgan fingerprint density at radius 3 is 2.78 bits per heavy atom. The Morgan fingerprint density at radius 2 is 2.00 bits per heavy atom. The minimum Gasteiger partial charge on any atom is -0.356 e. The maximum Gasteiger partial charge on any atom is 0.172 e. The van der Waals surface area contributed by atoms with E-state index in [1.807, 2.05) is 13.0 Å². The summed E-state index contributed by atoms with van der Waals surface area (Å²) in [6.07, 6.45) is 2.37. The van der Waals surface area contributed by atoms with Crippen molar-refractivity contribution >= 4 is 5.82 Å². The standard InChI is InChI=1S/C17H15FN4O/c1-11-8-16(20-10-19-11)22-7-6-15-14(9-22)17(23-21-15)12-2-4-13(18)5-3-12/h2-5,8,10H,6-7,9H2,1H3. The molecule has 0 bridgehead atoms. The first kappa shape index (κ1) is 13.9. The molecule has 0 spiro atoms. The monoisotopic (exact) mass is 310 g/mol. The molecule has 0 N–H and O–H groups in total. The highest BCUT2D eigenvalue weighted by Gasteiger charge is 2.25. The first-order valence-electron chi connectivity index (χ1n) is 7.47. The Balaban J connectivity index is 1.69. The number of hydrogen-bond donors (Lipinski definition) is 0. The van der Waals surface area contributed by atoms with Crippen LogP contribution >= 0.6 is 0 Å². The second-order valence-corrected chi connectivity index (χ2v) is 5.63. The van der Waals surface area contributed by atoms with Crippen LogP contribution in [0, 0.1) is 12.7 Å². The summed E-state index contributed by atoms with van der Waals surface area (Å²) in [6, 6.07) is 8.25. The van der Waals surface area contributed by atoms with E-state index in [9.17, 15) is 4.39 Å². The second-order valence-electron chi connectivity index (χ2n) is 5.63. The van der Waals surface area contributed by atoms with Gasteiger partial charge in [0.2, 0.25) is 0 Å². The molecule has 4 rings (SSSR count). The van der Waals surface area contributed by atoms with E-state index in [0.717, 1.165) is 41.3 Å². The van der Waals surface area contributed by atoms with Crippen molar-refractivity contribution in [2.24, 2.45) is 0 Å². The molecular formula is C17H15FN4O. The SMILES string of the molecule is Cc1cc(N2CCc3noc(-c4ccc(F)cc4)c3C2)ncn1. The number of nitrogens with zero attached hydrogens (tertiary/aromatic N) is 4. The van der Waals surface area contributed by atoms with Crippen molar-refractivity contribution in [3.05, 3.63) is 59.4 Å². The summed E-state index contributed by atoms with van der Waals surface area (Å²) in [5.74, 6) is 1.34. The highest BCUT2D eigenvalue weighted by atomic mass is 19.1. The molecular weight excluding hydrogens is 295 g/mol. The van der Waals surface area contributed by atoms with Crippen molar-refractivity contribution < 1.29 is 8.91 Å². The predicted octanol–water partition coefficient (Wildman–Crippen LogP) is 3.14. The van der Waals surface area contributed by atoms with E-state index >= 15 is 0 Å². The molecule has 1 aromatic carbocycles. The number of hydrogen-bond acceptors (Lipinski definition) is 5. The third kappa shape index (κ3) is 2.56. The van der Waals surface area contributed by atoms with Gasteiger partial charge in [-0.15, -0.1) is 0 Å². The van der Waals surface area contributed by atoms with Gasteiger partial charge < -0.3 is 9.42 Å². The summed E-state index contributed by atoms with van der Waals surface area (Å²) in [5.41, 5.74) is 3.77. The summed E-state index contributed by atoms with van der Waals surface area (Å²) in [7, 11) is 0. The van der Waals surface area contributed by atoms with E-state index in [4.69, 9.17) is 4.52 Å². The lowest BCUT2D eigenvalue weighted by molar-refractivity contribution is 0.424. The number of aryl methyl sites for hydroxylation is 1. The summed E-state index contributed by atoms with van der Waals surface area (Å²) in [4.78, 5) is 10.7. The van der Waals surface area contributed by atoms with Gasteiger partial charge in [0, 0.05) is 35.9 Å². The molecule has 0 unspecified atom stereocenters. The van der Waals surface area contributed by atoms with E-state index in [1.54, 1.807) is 18.5 Å². The Kier molecular flexibility index (Phi) is 3.29. The quantitative estimate of drug-likeness (QED) is 0.728. The zero-order chi connectivity index (χ0) is 15.8. The third-order valence-corrected chi connectivity index (χ3v) is 4.06. The fourth-order valence-electron chi connectivity index (χ4n) is 2.85. The summed E-state index contributed by atoms with van der Waals surface area (Å²) >= 11 is 0. The van der Waals surface area contributed by atoms with Crippen LogP contribution in [0.25, 0.3) is 11.3 Å². The van der Waals surface area contributed by atoms with Crippen molar-refractivity contribution in [3.63, 3.8) is 0 Å². The average molecular weight is 310 g/mol. The van der Waals surface area contributed by atoms with E-state index in [-0.39, 0.29) is 5.82 Å². The minimum absolute atomic E-state index is 0.264. The Labute approximate surface area is 132 Å². The van der Waals surface area contributed by atoms with Crippen LogP contribution in [0.4, 0.5) is 10.2 Å². The van der Waals surface area contributed by atoms with E-state index < -0.39 is 0 Å². The smallest absolute Gasteiger partial charge is 0.172 e. The fourth-order valence-corrected chi connectivity index (χ4v) is 2.85. The maximum absolute atomic E-state index is 13.1. The minimum atomic E-state index is -0.264. The number of rotatable bonds is 2. The maximum atomic E-state index is 13.1. The summed E-state index contributed by atoms with van der Waals surface area (Å²) in [5, 5.41) is 4.17. The average Bonchev–Trinajstić information content (AvgIpc) is 2.99. The van der Waals surface area contributed by atoms with Gasteiger partial charge in [-0.3, -0.25) is 0 Å². The van der Waals surface area contributed by atoms with Gasteiger partial charge in [0.1, 0.15) is 18.0 Å². The lowest BCUT2D eigenvalue weighted by Gasteiger charge is -2.27. The van der Waals surface area contributed by atoms with Crippen LogP contribution < -0.4 is 4.90 Å². The predicted molar refractivity (Wildman–Crippen MR) is 83.4 cm³/mol. The Morgan fingerprint density at radius 1 is 1.17 bits per heavy atom. The first-order valence-corrected chi connectivity index (χ1v) is 7.47. The Hall–Kier alpha value is -2.76. The molecule has 0 saturated carbocycles. The number of halogens is 1. The Bertz CT molecular complexity index is 844. The number of aromatic nitrogens is 3. The van der Waals surface area contributed by atoms with Gasteiger partial charge in [0.25, 0.3) is 0 Å². The van der Waals surface area contributed by atoms with Crippen LogP contribution in [0.1, 0.15) is 17.0 Å². The lowest BCUT2D eigenvalue weighted by Crippen LogP contribution is -2.31. The molecule has 0 atom stereocenters. The molecule has 3 heterocycles. The van der Waals surface area contributed by atoms with Crippen molar-refractivity contribution in [1.82, 2.24) is 15.1 Å². The largest absolute Gasteiger partial charge is 0.356 e. The molecule has 0 fully saturated rings. The molecule has 116 valence electrons. The molecule has 3 aromatic rings. The molecule has 0 amide bonds. The normalized spacial score (nSPS) is 13.9. The van der Waals surface area contributed by atoms with Gasteiger partial charge in [-0.05, 0) is 31.2 Å². The van der Waals surface area contributed by atoms with Crippen LogP contribution in [-0.2, 0) is 13.0 Å². The summed E-state index contributed by atoms with van der Waals surface area (Å²) < 4.78 is 18.6. The van der Waals surface area contributed by atoms with Crippen molar-refractivity contribution in [2.45, 2.75) is 19.9 Å². The van der Waals surface area contributed by atoms with Crippen molar-refractivity contribution in [2.75, 3.05) is 11.4 Å². The van der Waals surface area contributed by atoms with Crippen molar-refractivity contribution in [3.8, 4) is 11.3 Å². The second kappa shape index (κ2) is 5.46. The van der Waals surface area contributed by atoms with Gasteiger partial charge in [-0.1, -0.05) is 5.16 Å². The van der Waals surface area contributed by atoms with Crippen LogP contribution in [0.15, 0.2) is 41.2 Å². The van der Waals surface area contributed by atoms with E-state index in [2.05, 4.69) is 20.0 Å². The molecule has 1 aliphatic heterocycles. The molecule has 6 heteroatoms.